The summed E-state index contributed by atoms with van der Waals surface area (Å²) >= 11 is 1.81. The van der Waals surface area contributed by atoms with E-state index in [0.29, 0.717) is 0 Å². The van der Waals surface area contributed by atoms with Crippen LogP contribution in [0.15, 0.2) is 83.8 Å². The lowest BCUT2D eigenvalue weighted by molar-refractivity contribution is 1.18. The molecule has 1 aromatic heterocycles. The molecular weight excluding hydrogens is 262 g/mol. The second kappa shape index (κ2) is 6.40. The Balaban J connectivity index is 1.75. The summed E-state index contributed by atoms with van der Waals surface area (Å²) in [6.07, 6.45) is 0. The van der Waals surface area contributed by atoms with Gasteiger partial charge in [-0.2, -0.15) is 0 Å². The average molecular weight is 277 g/mol. The summed E-state index contributed by atoms with van der Waals surface area (Å²) in [5.41, 5.74) is 3.32. The fourth-order valence-corrected chi connectivity index (χ4v) is 2.83. The van der Waals surface area contributed by atoms with Gasteiger partial charge >= 0.3 is 0 Å². The van der Waals surface area contributed by atoms with Gasteiger partial charge in [-0.15, -0.1) is 11.8 Å². The Morgan fingerprint density at radius 1 is 0.700 bits per heavy atom. The molecule has 0 aliphatic heterocycles. The number of hydrogen-bond donors (Lipinski definition) is 0. The molecule has 0 fully saturated rings. The largest absolute Gasteiger partial charge is 0.252 e. The topological polar surface area (TPSA) is 12.9 Å². The highest BCUT2D eigenvalue weighted by molar-refractivity contribution is 7.98. The maximum atomic E-state index is 4.74. The highest BCUT2D eigenvalue weighted by atomic mass is 32.2. The van der Waals surface area contributed by atoms with Crippen LogP contribution in [-0.4, -0.2) is 4.98 Å². The highest BCUT2D eigenvalue weighted by Gasteiger charge is 2.01. The Hall–Kier alpha value is -2.06. The third-order valence-corrected chi connectivity index (χ3v) is 4.05. The minimum absolute atomic E-state index is 0.894. The smallest absolute Gasteiger partial charge is 0.0705 e. The van der Waals surface area contributed by atoms with Crippen LogP contribution in [0.3, 0.4) is 0 Å². The van der Waals surface area contributed by atoms with Crippen molar-refractivity contribution >= 4 is 11.8 Å². The molecule has 3 aromatic rings. The summed E-state index contributed by atoms with van der Waals surface area (Å²) in [6.45, 7) is 0. The van der Waals surface area contributed by atoms with Gasteiger partial charge in [0, 0.05) is 16.2 Å². The summed E-state index contributed by atoms with van der Waals surface area (Å²) in [7, 11) is 0. The van der Waals surface area contributed by atoms with Crippen molar-refractivity contribution in [2.75, 3.05) is 0 Å². The standard InChI is InChI=1S/C18H15NS/c1-3-8-15(9-4-1)18-13-7-10-16(19-18)14-20-17-11-5-2-6-12-17/h1-13H,14H2. The van der Waals surface area contributed by atoms with Crippen molar-refractivity contribution in [2.24, 2.45) is 0 Å². The molecule has 0 aliphatic rings. The molecule has 0 radical (unpaired) electrons. The molecule has 0 N–H and O–H groups in total. The molecule has 98 valence electrons. The van der Waals surface area contributed by atoms with E-state index in [2.05, 4.69) is 54.6 Å². The van der Waals surface area contributed by atoms with E-state index in [9.17, 15) is 0 Å². The molecule has 20 heavy (non-hydrogen) atoms. The van der Waals surface area contributed by atoms with E-state index in [-0.39, 0.29) is 0 Å². The van der Waals surface area contributed by atoms with Crippen LogP contribution in [0.2, 0.25) is 0 Å². The van der Waals surface area contributed by atoms with Gasteiger partial charge in [-0.05, 0) is 24.3 Å². The van der Waals surface area contributed by atoms with Crippen LogP contribution in [0, 0.1) is 0 Å². The minimum Gasteiger partial charge on any atom is -0.252 e. The van der Waals surface area contributed by atoms with E-state index in [0.717, 1.165) is 17.1 Å². The van der Waals surface area contributed by atoms with Crippen LogP contribution in [0.25, 0.3) is 11.3 Å². The Kier molecular flexibility index (Phi) is 4.14. The highest BCUT2D eigenvalue weighted by Crippen LogP contribution is 2.23. The zero-order valence-electron chi connectivity index (χ0n) is 11.1. The third kappa shape index (κ3) is 3.28. The Labute approximate surface area is 123 Å². The van der Waals surface area contributed by atoms with E-state index in [1.165, 1.54) is 10.5 Å². The molecule has 0 aliphatic carbocycles. The molecule has 0 saturated carbocycles. The van der Waals surface area contributed by atoms with Gasteiger partial charge in [0.15, 0.2) is 0 Å². The number of pyridine rings is 1. The van der Waals surface area contributed by atoms with Crippen molar-refractivity contribution in [3.63, 3.8) is 0 Å². The Morgan fingerprint density at radius 3 is 2.15 bits per heavy atom. The zero-order valence-corrected chi connectivity index (χ0v) is 11.9. The zero-order chi connectivity index (χ0) is 13.6. The van der Waals surface area contributed by atoms with Crippen molar-refractivity contribution in [3.05, 3.63) is 84.6 Å². The van der Waals surface area contributed by atoms with Crippen molar-refractivity contribution in [3.8, 4) is 11.3 Å². The first-order chi connectivity index (χ1) is 9.92. The molecule has 1 heterocycles. The summed E-state index contributed by atoms with van der Waals surface area (Å²) in [6, 6.07) is 27.0. The lowest BCUT2D eigenvalue weighted by Gasteiger charge is -2.05. The van der Waals surface area contributed by atoms with Gasteiger partial charge in [0.2, 0.25) is 0 Å². The van der Waals surface area contributed by atoms with Crippen molar-refractivity contribution in [1.29, 1.82) is 0 Å². The fourth-order valence-electron chi connectivity index (χ4n) is 2.00. The monoisotopic (exact) mass is 277 g/mol. The molecule has 0 spiro atoms. The molecule has 3 rings (SSSR count). The van der Waals surface area contributed by atoms with Crippen molar-refractivity contribution < 1.29 is 0 Å². The number of thioether (sulfide) groups is 1. The summed E-state index contributed by atoms with van der Waals surface area (Å²) in [5.74, 6) is 0.894. The van der Waals surface area contributed by atoms with E-state index >= 15 is 0 Å². The average Bonchev–Trinajstić information content (AvgIpc) is 2.55. The molecule has 2 heteroatoms. The second-order valence-corrected chi connectivity index (χ2v) is 5.53. The summed E-state index contributed by atoms with van der Waals surface area (Å²) in [4.78, 5) is 6.01. The van der Waals surface area contributed by atoms with Crippen LogP contribution in [0.4, 0.5) is 0 Å². The second-order valence-electron chi connectivity index (χ2n) is 4.48. The van der Waals surface area contributed by atoms with Gasteiger partial charge in [-0.25, -0.2) is 0 Å². The summed E-state index contributed by atoms with van der Waals surface area (Å²) in [5, 5.41) is 0. The number of rotatable bonds is 4. The van der Waals surface area contributed by atoms with Crippen LogP contribution in [0.5, 0.6) is 0 Å². The predicted octanol–water partition coefficient (Wildman–Crippen LogP) is 5.04. The van der Waals surface area contributed by atoms with Gasteiger partial charge in [-0.1, -0.05) is 54.6 Å². The molecule has 0 saturated heterocycles. The molecular formula is C18H15NS. The number of benzene rings is 2. The first-order valence-corrected chi connectivity index (χ1v) is 7.59. The van der Waals surface area contributed by atoms with Crippen LogP contribution in [-0.2, 0) is 5.75 Å². The van der Waals surface area contributed by atoms with E-state index < -0.39 is 0 Å². The minimum atomic E-state index is 0.894. The van der Waals surface area contributed by atoms with Gasteiger partial charge in [0.25, 0.3) is 0 Å². The number of nitrogens with zero attached hydrogens (tertiary/aromatic N) is 1. The molecule has 0 unspecified atom stereocenters. The van der Waals surface area contributed by atoms with Crippen molar-refractivity contribution in [2.45, 2.75) is 10.6 Å². The first-order valence-electron chi connectivity index (χ1n) is 6.61. The maximum Gasteiger partial charge on any atom is 0.0705 e. The molecule has 2 aromatic carbocycles. The molecule has 0 bridgehead atoms. The summed E-state index contributed by atoms with van der Waals surface area (Å²) < 4.78 is 0. The van der Waals surface area contributed by atoms with Gasteiger partial charge in [0.05, 0.1) is 11.4 Å². The van der Waals surface area contributed by atoms with Gasteiger partial charge < -0.3 is 0 Å². The Morgan fingerprint density at radius 2 is 1.40 bits per heavy atom. The normalized spacial score (nSPS) is 10.4. The van der Waals surface area contributed by atoms with E-state index in [4.69, 9.17) is 4.98 Å². The molecule has 1 nitrogen and oxygen atoms in total. The van der Waals surface area contributed by atoms with Crippen LogP contribution in [0.1, 0.15) is 5.69 Å². The quantitative estimate of drug-likeness (QED) is 0.620. The van der Waals surface area contributed by atoms with Crippen LogP contribution >= 0.6 is 11.8 Å². The third-order valence-electron chi connectivity index (χ3n) is 3.01. The predicted molar refractivity (Wildman–Crippen MR) is 85.7 cm³/mol. The lowest BCUT2D eigenvalue weighted by atomic mass is 10.1. The maximum absolute atomic E-state index is 4.74. The van der Waals surface area contributed by atoms with E-state index in [1.54, 1.807) is 0 Å². The van der Waals surface area contributed by atoms with Crippen molar-refractivity contribution in [1.82, 2.24) is 4.98 Å². The Bertz CT molecular complexity index is 665. The number of hydrogen-bond acceptors (Lipinski definition) is 2. The molecule has 0 atom stereocenters. The van der Waals surface area contributed by atoms with Crippen LogP contribution < -0.4 is 0 Å². The molecule has 0 amide bonds. The lowest BCUT2D eigenvalue weighted by Crippen LogP contribution is -1.90. The van der Waals surface area contributed by atoms with Gasteiger partial charge in [-0.3, -0.25) is 4.98 Å². The SMILES string of the molecule is c1ccc(SCc2cccc(-c3ccccc3)n2)cc1. The first kappa shape index (κ1) is 12.9. The van der Waals surface area contributed by atoms with E-state index in [1.807, 2.05) is 36.0 Å². The number of aromatic nitrogens is 1. The fraction of sp³-hybridized carbons (Fsp3) is 0.0556. The van der Waals surface area contributed by atoms with Gasteiger partial charge in [0.1, 0.15) is 0 Å².